The highest BCUT2D eigenvalue weighted by Crippen LogP contribution is 2.47. The Hall–Kier alpha value is -2.33. The molecule has 3 aromatic rings. The van der Waals surface area contributed by atoms with Crippen LogP contribution in [-0.2, 0) is 0 Å². The van der Waals surface area contributed by atoms with E-state index in [4.69, 9.17) is 5.73 Å². The summed E-state index contributed by atoms with van der Waals surface area (Å²) in [6, 6.07) is 12.7. The molecule has 27 heavy (non-hydrogen) atoms. The zero-order valence-corrected chi connectivity index (χ0v) is 15.6. The van der Waals surface area contributed by atoms with Gasteiger partial charge in [0.05, 0.1) is 29.8 Å². The number of nitrogens with two attached hydrogens (primary N) is 1. The van der Waals surface area contributed by atoms with Crippen molar-refractivity contribution >= 4 is 11.2 Å². The zero-order chi connectivity index (χ0) is 18.4. The highest BCUT2D eigenvalue weighted by atomic mass is 16.3. The number of hydrogen-bond acceptors (Lipinski definition) is 3. The van der Waals surface area contributed by atoms with Crippen molar-refractivity contribution in [1.29, 1.82) is 0 Å². The number of aliphatic hydroxyl groups is 1. The van der Waals surface area contributed by atoms with E-state index in [1.807, 2.05) is 24.7 Å². The smallest absolute Gasteiger partial charge is 0.0995 e. The van der Waals surface area contributed by atoms with E-state index >= 15 is 0 Å². The fourth-order valence-electron chi connectivity index (χ4n) is 4.84. The Morgan fingerprint density at radius 2 is 1.63 bits per heavy atom. The molecule has 1 atom stereocenters. The van der Waals surface area contributed by atoms with E-state index in [-0.39, 0.29) is 0 Å². The van der Waals surface area contributed by atoms with Gasteiger partial charge in [-0.05, 0) is 85.6 Å². The minimum Gasteiger partial charge on any atom is -0.399 e. The van der Waals surface area contributed by atoms with Gasteiger partial charge in [0.15, 0.2) is 0 Å². The second-order valence-electron chi connectivity index (χ2n) is 8.36. The first-order valence-electron chi connectivity index (χ1n) is 10.2. The van der Waals surface area contributed by atoms with E-state index in [9.17, 15) is 5.11 Å². The fourth-order valence-corrected chi connectivity index (χ4v) is 4.84. The molecule has 140 valence electrons. The average Bonchev–Trinajstić information content (AvgIpc) is 3.44. The molecule has 0 radical (unpaired) electrons. The van der Waals surface area contributed by atoms with Crippen LogP contribution in [0.4, 0.5) is 5.69 Å². The number of aromatic nitrogens is 2. The number of hydrogen-bond donors (Lipinski definition) is 2. The van der Waals surface area contributed by atoms with Crippen LogP contribution in [0.1, 0.15) is 73.3 Å². The summed E-state index contributed by atoms with van der Waals surface area (Å²) in [6.45, 7) is 0. The van der Waals surface area contributed by atoms with Gasteiger partial charge < -0.3 is 15.2 Å². The summed E-state index contributed by atoms with van der Waals surface area (Å²) < 4.78 is 2.12. The normalized spacial score (nSPS) is 24.2. The second-order valence-corrected chi connectivity index (χ2v) is 8.36. The predicted octanol–water partition coefficient (Wildman–Crippen LogP) is 4.80. The van der Waals surface area contributed by atoms with E-state index in [0.29, 0.717) is 17.8 Å². The summed E-state index contributed by atoms with van der Waals surface area (Å²) in [5.41, 5.74) is 11.5. The molecule has 3 N–H and O–H groups in total. The monoisotopic (exact) mass is 361 g/mol. The maximum absolute atomic E-state index is 11.3. The minimum absolute atomic E-state index is 0.320. The number of nitrogens with zero attached hydrogens (tertiary/aromatic N) is 2. The minimum atomic E-state index is -0.411. The Labute approximate surface area is 160 Å². The third-order valence-electron chi connectivity index (χ3n) is 6.58. The fraction of sp³-hybridized carbons (Fsp3) is 0.435. The molecular formula is C23H27N3O. The molecule has 0 saturated heterocycles. The van der Waals surface area contributed by atoms with Crippen LogP contribution in [0.25, 0.3) is 5.52 Å². The van der Waals surface area contributed by atoms with Crippen LogP contribution in [0.5, 0.6) is 0 Å². The summed E-state index contributed by atoms with van der Waals surface area (Å²) in [5, 5.41) is 11.3. The topological polar surface area (TPSA) is 63.5 Å². The number of nitrogen functional groups attached to an aromatic ring is 1. The molecule has 1 unspecified atom stereocenters. The van der Waals surface area contributed by atoms with Crippen molar-refractivity contribution in [1.82, 2.24) is 9.38 Å². The van der Waals surface area contributed by atoms with Crippen molar-refractivity contribution < 1.29 is 5.11 Å². The molecule has 2 aliphatic carbocycles. The Balaban J connectivity index is 1.37. The number of pyridine rings is 1. The van der Waals surface area contributed by atoms with Crippen LogP contribution in [-0.4, -0.2) is 14.5 Å². The van der Waals surface area contributed by atoms with E-state index in [0.717, 1.165) is 42.6 Å². The largest absolute Gasteiger partial charge is 0.399 e. The Kier molecular flexibility index (Phi) is 4.16. The van der Waals surface area contributed by atoms with Gasteiger partial charge in [-0.2, -0.15) is 0 Å². The molecule has 1 aromatic carbocycles. The van der Waals surface area contributed by atoms with Gasteiger partial charge in [0.2, 0.25) is 0 Å². The van der Waals surface area contributed by atoms with Crippen LogP contribution >= 0.6 is 0 Å². The first-order valence-corrected chi connectivity index (χ1v) is 10.2. The number of imidazole rings is 1. The molecule has 2 heterocycles. The SMILES string of the molecule is Nc1ccc(C2CCC(C(O)c3c(C4CC4)ccc4cncn34)CC2)cc1. The average molecular weight is 361 g/mol. The quantitative estimate of drug-likeness (QED) is 0.656. The van der Waals surface area contributed by atoms with Gasteiger partial charge in [0.25, 0.3) is 0 Å². The number of rotatable bonds is 4. The van der Waals surface area contributed by atoms with Crippen molar-refractivity contribution in [3.63, 3.8) is 0 Å². The lowest BCUT2D eigenvalue weighted by atomic mass is 9.75. The second kappa shape index (κ2) is 6.68. The van der Waals surface area contributed by atoms with Gasteiger partial charge in [-0.15, -0.1) is 0 Å². The van der Waals surface area contributed by atoms with Crippen molar-refractivity contribution in [2.75, 3.05) is 5.73 Å². The number of aliphatic hydroxyl groups excluding tert-OH is 1. The van der Waals surface area contributed by atoms with Crippen molar-refractivity contribution in [3.05, 3.63) is 65.7 Å². The van der Waals surface area contributed by atoms with Crippen LogP contribution in [0.3, 0.4) is 0 Å². The molecule has 2 aromatic heterocycles. The van der Waals surface area contributed by atoms with E-state index in [1.54, 1.807) is 0 Å². The van der Waals surface area contributed by atoms with E-state index < -0.39 is 6.10 Å². The summed E-state index contributed by atoms with van der Waals surface area (Å²) in [6.07, 6.45) is 10.2. The molecule has 0 bridgehead atoms. The van der Waals surface area contributed by atoms with Gasteiger partial charge in [-0.3, -0.25) is 0 Å². The molecule has 2 fully saturated rings. The third-order valence-corrected chi connectivity index (χ3v) is 6.58. The summed E-state index contributed by atoms with van der Waals surface area (Å²) in [7, 11) is 0. The summed E-state index contributed by atoms with van der Waals surface area (Å²) in [5.74, 6) is 1.52. The number of anilines is 1. The van der Waals surface area contributed by atoms with Gasteiger partial charge >= 0.3 is 0 Å². The summed E-state index contributed by atoms with van der Waals surface area (Å²) in [4.78, 5) is 4.31. The standard InChI is InChI=1S/C23H27N3O/c24-19-9-7-16(8-10-19)15-1-5-18(6-2-15)23(27)22-21(17-3-4-17)12-11-20-13-25-14-26(20)22/h7-15,17-18,23,27H,1-6,24H2. The molecule has 0 amide bonds. The van der Waals surface area contributed by atoms with E-state index in [1.165, 1.54) is 24.0 Å². The Morgan fingerprint density at radius 1 is 0.926 bits per heavy atom. The van der Waals surface area contributed by atoms with Crippen LogP contribution < -0.4 is 5.73 Å². The van der Waals surface area contributed by atoms with Gasteiger partial charge in [0, 0.05) is 5.69 Å². The molecule has 2 aliphatic rings. The lowest BCUT2D eigenvalue weighted by molar-refractivity contribution is 0.0754. The lowest BCUT2D eigenvalue weighted by Gasteiger charge is -2.33. The van der Waals surface area contributed by atoms with Crippen LogP contribution in [0.15, 0.2) is 48.9 Å². The molecule has 2 saturated carbocycles. The molecular weight excluding hydrogens is 334 g/mol. The van der Waals surface area contributed by atoms with Crippen LogP contribution in [0.2, 0.25) is 0 Å². The Morgan fingerprint density at radius 3 is 2.33 bits per heavy atom. The van der Waals surface area contributed by atoms with Crippen molar-refractivity contribution in [3.8, 4) is 0 Å². The zero-order valence-electron chi connectivity index (χ0n) is 15.6. The maximum atomic E-state index is 11.3. The summed E-state index contributed by atoms with van der Waals surface area (Å²) >= 11 is 0. The molecule has 4 heteroatoms. The van der Waals surface area contributed by atoms with Gasteiger partial charge in [-0.1, -0.05) is 18.2 Å². The highest BCUT2D eigenvalue weighted by Gasteiger charge is 2.34. The van der Waals surface area contributed by atoms with Crippen molar-refractivity contribution in [2.45, 2.75) is 56.5 Å². The third kappa shape index (κ3) is 3.12. The number of benzene rings is 1. The van der Waals surface area contributed by atoms with Gasteiger partial charge in [-0.25, -0.2) is 4.98 Å². The molecule has 0 spiro atoms. The van der Waals surface area contributed by atoms with Crippen molar-refractivity contribution in [2.24, 2.45) is 5.92 Å². The van der Waals surface area contributed by atoms with E-state index in [2.05, 4.69) is 33.7 Å². The van der Waals surface area contributed by atoms with Gasteiger partial charge in [0.1, 0.15) is 0 Å². The first kappa shape index (κ1) is 16.8. The Bertz CT molecular complexity index is 934. The van der Waals surface area contributed by atoms with Crippen LogP contribution in [0, 0.1) is 5.92 Å². The molecule has 5 rings (SSSR count). The first-order chi connectivity index (χ1) is 13.2. The lowest BCUT2D eigenvalue weighted by Crippen LogP contribution is -2.22. The molecule has 0 aliphatic heterocycles. The maximum Gasteiger partial charge on any atom is 0.0995 e. The predicted molar refractivity (Wildman–Crippen MR) is 108 cm³/mol. The highest BCUT2D eigenvalue weighted by molar-refractivity contribution is 5.50. The number of fused-ring (bicyclic) bond motifs is 1. The molecule has 4 nitrogen and oxygen atoms in total.